The lowest BCUT2D eigenvalue weighted by atomic mass is 9.81. The van der Waals surface area contributed by atoms with Crippen LogP contribution in [-0.4, -0.2) is 29.2 Å². The Morgan fingerprint density at radius 1 is 1.04 bits per heavy atom. The average molecular weight is 356 g/mol. The molecule has 1 saturated heterocycles. The van der Waals surface area contributed by atoms with Gasteiger partial charge in [0.2, 0.25) is 17.7 Å². The van der Waals surface area contributed by atoms with E-state index in [0.717, 1.165) is 31.4 Å². The van der Waals surface area contributed by atoms with Crippen LogP contribution in [0.15, 0.2) is 24.3 Å². The van der Waals surface area contributed by atoms with Crippen LogP contribution in [-0.2, 0) is 19.8 Å². The number of amides is 3. The van der Waals surface area contributed by atoms with Crippen LogP contribution in [0, 0.1) is 11.8 Å². The van der Waals surface area contributed by atoms with Gasteiger partial charge in [-0.3, -0.25) is 19.3 Å². The molecule has 5 nitrogen and oxygen atoms in total. The fourth-order valence-electron chi connectivity index (χ4n) is 3.94. The van der Waals surface area contributed by atoms with E-state index in [1.54, 1.807) is 0 Å². The molecule has 2 fully saturated rings. The lowest BCUT2D eigenvalue weighted by Gasteiger charge is -2.19. The van der Waals surface area contributed by atoms with Gasteiger partial charge in [0.05, 0.1) is 11.8 Å². The van der Waals surface area contributed by atoms with Crippen LogP contribution in [0.3, 0.4) is 0 Å². The Morgan fingerprint density at radius 2 is 1.58 bits per heavy atom. The second-order valence-corrected chi connectivity index (χ2v) is 8.45. The first kappa shape index (κ1) is 18.6. The number of hydrogen-bond donors (Lipinski definition) is 1. The van der Waals surface area contributed by atoms with Crippen LogP contribution < -0.4 is 5.32 Å². The number of hydrogen-bond acceptors (Lipinski definition) is 3. The van der Waals surface area contributed by atoms with E-state index in [4.69, 9.17) is 0 Å². The highest BCUT2D eigenvalue weighted by Crippen LogP contribution is 2.38. The van der Waals surface area contributed by atoms with E-state index in [9.17, 15) is 14.4 Å². The average Bonchev–Trinajstić information content (AvgIpc) is 2.84. The number of carbonyl (C=O) groups is 3. The van der Waals surface area contributed by atoms with Crippen molar-refractivity contribution in [3.8, 4) is 0 Å². The van der Waals surface area contributed by atoms with Crippen molar-refractivity contribution in [2.75, 3.05) is 11.9 Å². The van der Waals surface area contributed by atoms with Crippen LogP contribution in [0.1, 0.15) is 58.4 Å². The first-order chi connectivity index (χ1) is 12.3. The molecular weight excluding hydrogens is 328 g/mol. The van der Waals surface area contributed by atoms with Gasteiger partial charge in [-0.25, -0.2) is 0 Å². The highest BCUT2D eigenvalue weighted by atomic mass is 16.2. The van der Waals surface area contributed by atoms with Gasteiger partial charge < -0.3 is 5.32 Å². The van der Waals surface area contributed by atoms with Gasteiger partial charge in [0, 0.05) is 18.7 Å². The van der Waals surface area contributed by atoms with E-state index in [1.165, 1.54) is 10.5 Å². The van der Waals surface area contributed by atoms with Crippen LogP contribution in [0.2, 0.25) is 0 Å². The molecule has 3 rings (SSSR count). The number of rotatable bonds is 4. The monoisotopic (exact) mass is 356 g/mol. The van der Waals surface area contributed by atoms with Crippen molar-refractivity contribution >= 4 is 23.4 Å². The predicted molar refractivity (Wildman–Crippen MR) is 101 cm³/mol. The first-order valence-electron chi connectivity index (χ1n) is 9.53. The van der Waals surface area contributed by atoms with Gasteiger partial charge in [-0.2, -0.15) is 0 Å². The fraction of sp³-hybridized carbons (Fsp3) is 0.571. The van der Waals surface area contributed by atoms with E-state index < -0.39 is 0 Å². The third-order valence-corrected chi connectivity index (χ3v) is 5.53. The number of anilines is 1. The van der Waals surface area contributed by atoms with Crippen molar-refractivity contribution in [1.29, 1.82) is 0 Å². The van der Waals surface area contributed by atoms with Gasteiger partial charge in [0.15, 0.2) is 0 Å². The minimum Gasteiger partial charge on any atom is -0.326 e. The molecule has 0 spiro atoms. The van der Waals surface area contributed by atoms with Crippen molar-refractivity contribution in [2.45, 2.75) is 58.3 Å². The number of carbonyl (C=O) groups excluding carboxylic acids is 3. The molecule has 0 unspecified atom stereocenters. The molecule has 1 aromatic carbocycles. The summed E-state index contributed by atoms with van der Waals surface area (Å²) in [6.07, 6.45) is 3.77. The van der Waals surface area contributed by atoms with E-state index in [-0.39, 0.29) is 47.9 Å². The second kappa shape index (κ2) is 7.22. The highest BCUT2D eigenvalue weighted by Gasteiger charge is 2.47. The third kappa shape index (κ3) is 3.81. The zero-order chi connectivity index (χ0) is 18.9. The Kier molecular flexibility index (Phi) is 5.17. The topological polar surface area (TPSA) is 66.5 Å². The van der Waals surface area contributed by atoms with Gasteiger partial charge in [-0.15, -0.1) is 0 Å². The van der Waals surface area contributed by atoms with Crippen LogP contribution in [0.4, 0.5) is 5.69 Å². The molecular formula is C21H28N2O3. The van der Waals surface area contributed by atoms with Gasteiger partial charge in [-0.1, -0.05) is 45.7 Å². The predicted octanol–water partition coefficient (Wildman–Crippen LogP) is 3.49. The first-order valence-corrected chi connectivity index (χ1v) is 9.53. The Labute approximate surface area is 155 Å². The summed E-state index contributed by atoms with van der Waals surface area (Å²) in [4.78, 5) is 38.4. The lowest BCUT2D eigenvalue weighted by molar-refractivity contribution is -0.140. The van der Waals surface area contributed by atoms with Crippen molar-refractivity contribution in [3.63, 3.8) is 0 Å². The summed E-state index contributed by atoms with van der Waals surface area (Å²) in [7, 11) is 0. The zero-order valence-electron chi connectivity index (χ0n) is 15.9. The Hall–Kier alpha value is -2.17. The molecule has 1 aliphatic heterocycles. The van der Waals surface area contributed by atoms with Gasteiger partial charge in [0.1, 0.15) is 0 Å². The molecule has 140 valence electrons. The number of nitrogens with zero attached hydrogens (tertiary/aromatic N) is 1. The summed E-state index contributed by atoms with van der Waals surface area (Å²) in [6, 6.07) is 7.79. The van der Waals surface area contributed by atoms with E-state index in [2.05, 4.69) is 26.1 Å². The molecule has 1 saturated carbocycles. The minimum absolute atomic E-state index is 0.0653. The van der Waals surface area contributed by atoms with Gasteiger partial charge >= 0.3 is 0 Å². The van der Waals surface area contributed by atoms with E-state index in [1.807, 2.05) is 24.3 Å². The smallest absolute Gasteiger partial charge is 0.233 e. The summed E-state index contributed by atoms with van der Waals surface area (Å²) in [5.41, 5.74) is 2.00. The standard InChI is InChI=1S/C21H28N2O3/c1-21(2,3)14-8-10-15(11-9-14)22-18(24)12-13-23-19(25)16-6-4-5-7-17(16)20(23)26/h8-11,16-17H,4-7,12-13H2,1-3H3,(H,22,24)/t16-,17-/m0/s1. The zero-order valence-corrected chi connectivity index (χ0v) is 15.9. The molecule has 0 aromatic heterocycles. The molecule has 1 aliphatic carbocycles. The maximum atomic E-state index is 12.4. The normalized spacial score (nSPS) is 23.1. The van der Waals surface area contributed by atoms with Gasteiger partial charge in [0.25, 0.3) is 0 Å². The summed E-state index contributed by atoms with van der Waals surface area (Å²) in [5, 5.41) is 2.85. The third-order valence-electron chi connectivity index (χ3n) is 5.53. The SMILES string of the molecule is CC(C)(C)c1ccc(NC(=O)CCN2C(=O)[C@H]3CCCC[C@@H]3C2=O)cc1. The highest BCUT2D eigenvalue weighted by molar-refractivity contribution is 6.05. The maximum Gasteiger partial charge on any atom is 0.233 e. The van der Waals surface area contributed by atoms with Crippen LogP contribution >= 0.6 is 0 Å². The van der Waals surface area contributed by atoms with Crippen molar-refractivity contribution in [3.05, 3.63) is 29.8 Å². The Bertz CT molecular complexity index is 679. The van der Waals surface area contributed by atoms with Gasteiger partial charge in [-0.05, 0) is 36.0 Å². The summed E-state index contributed by atoms with van der Waals surface area (Å²) < 4.78 is 0. The van der Waals surface area contributed by atoms with Crippen molar-refractivity contribution in [1.82, 2.24) is 4.90 Å². The lowest BCUT2D eigenvalue weighted by Crippen LogP contribution is -2.34. The second-order valence-electron chi connectivity index (χ2n) is 8.45. The summed E-state index contributed by atoms with van der Waals surface area (Å²) in [6.45, 7) is 6.60. The molecule has 1 N–H and O–H groups in total. The molecule has 3 amide bonds. The fourth-order valence-corrected chi connectivity index (χ4v) is 3.94. The quantitative estimate of drug-likeness (QED) is 0.840. The Balaban J connectivity index is 1.54. The largest absolute Gasteiger partial charge is 0.326 e. The molecule has 2 aliphatic rings. The van der Waals surface area contributed by atoms with Crippen LogP contribution in [0.5, 0.6) is 0 Å². The van der Waals surface area contributed by atoms with E-state index >= 15 is 0 Å². The minimum atomic E-state index is -0.177. The summed E-state index contributed by atoms with van der Waals surface area (Å²) >= 11 is 0. The van der Waals surface area contributed by atoms with Crippen LogP contribution in [0.25, 0.3) is 0 Å². The number of imide groups is 1. The maximum absolute atomic E-state index is 12.4. The van der Waals surface area contributed by atoms with Crippen molar-refractivity contribution < 1.29 is 14.4 Å². The molecule has 0 radical (unpaired) electrons. The molecule has 2 atom stereocenters. The van der Waals surface area contributed by atoms with E-state index in [0.29, 0.717) is 0 Å². The summed E-state index contributed by atoms with van der Waals surface area (Å²) in [5.74, 6) is -0.637. The molecule has 0 bridgehead atoms. The molecule has 5 heteroatoms. The number of fused-ring (bicyclic) bond motifs is 1. The molecule has 1 aromatic rings. The number of benzene rings is 1. The Morgan fingerprint density at radius 3 is 2.08 bits per heavy atom. The molecule has 26 heavy (non-hydrogen) atoms. The number of nitrogens with one attached hydrogen (secondary N) is 1. The van der Waals surface area contributed by atoms with Crippen molar-refractivity contribution in [2.24, 2.45) is 11.8 Å². The molecule has 1 heterocycles. The number of likely N-dealkylation sites (tertiary alicyclic amines) is 1.